The van der Waals surface area contributed by atoms with Crippen molar-refractivity contribution in [3.8, 4) is 0 Å². The van der Waals surface area contributed by atoms with E-state index in [0.29, 0.717) is 0 Å². The van der Waals surface area contributed by atoms with Crippen molar-refractivity contribution in [2.75, 3.05) is 7.11 Å². The fraction of sp³-hybridized carbons (Fsp3) is 0.222. The Bertz CT molecular complexity index is 928. The maximum Gasteiger partial charge on any atom is 0.328 e. The quantitative estimate of drug-likeness (QED) is 0.429. The van der Waals surface area contributed by atoms with Crippen molar-refractivity contribution in [1.29, 1.82) is 0 Å². The molecular formula is C18H18N4O5. The summed E-state index contributed by atoms with van der Waals surface area (Å²) in [5, 5.41) is 7.73. The van der Waals surface area contributed by atoms with Crippen molar-refractivity contribution in [2.45, 2.75) is 12.5 Å². The molecule has 1 aliphatic rings. The lowest BCUT2D eigenvalue weighted by Crippen LogP contribution is -2.58. The van der Waals surface area contributed by atoms with Crippen LogP contribution in [0.2, 0.25) is 0 Å². The number of aromatic nitrogens is 1. The maximum absolute atomic E-state index is 12.2. The minimum atomic E-state index is -1.34. The highest BCUT2D eigenvalue weighted by atomic mass is 16.5. The van der Waals surface area contributed by atoms with E-state index in [0.717, 1.165) is 16.5 Å². The summed E-state index contributed by atoms with van der Waals surface area (Å²) < 4.78 is 4.82. The third kappa shape index (κ3) is 3.66. The van der Waals surface area contributed by atoms with E-state index < -0.39 is 35.8 Å². The lowest BCUT2D eigenvalue weighted by Gasteiger charge is -2.26. The van der Waals surface area contributed by atoms with Crippen LogP contribution in [-0.2, 0) is 25.5 Å². The number of rotatable bonds is 6. The molecule has 2 heterocycles. The van der Waals surface area contributed by atoms with Gasteiger partial charge in [-0.1, -0.05) is 24.8 Å². The molecule has 9 nitrogen and oxygen atoms in total. The Kier molecular flexibility index (Phi) is 4.93. The van der Waals surface area contributed by atoms with E-state index in [1.54, 1.807) is 6.20 Å². The van der Waals surface area contributed by atoms with Gasteiger partial charge in [-0.2, -0.15) is 0 Å². The number of amides is 4. The van der Waals surface area contributed by atoms with Gasteiger partial charge in [-0.15, -0.1) is 0 Å². The van der Waals surface area contributed by atoms with Crippen LogP contribution in [0.1, 0.15) is 5.56 Å². The average molecular weight is 370 g/mol. The summed E-state index contributed by atoms with van der Waals surface area (Å²) in [6.07, 6.45) is 2.02. The van der Waals surface area contributed by atoms with Gasteiger partial charge in [0.05, 0.1) is 7.11 Å². The van der Waals surface area contributed by atoms with Crippen LogP contribution in [0.25, 0.3) is 10.9 Å². The lowest BCUT2D eigenvalue weighted by molar-refractivity contribution is -0.143. The number of ether oxygens (including phenoxy) is 1. The van der Waals surface area contributed by atoms with Crippen molar-refractivity contribution < 1.29 is 23.9 Å². The fourth-order valence-corrected chi connectivity index (χ4v) is 3.00. The molecule has 0 bridgehead atoms. The molecule has 4 amide bonds. The Morgan fingerprint density at radius 3 is 2.56 bits per heavy atom. The van der Waals surface area contributed by atoms with Crippen LogP contribution in [0.4, 0.5) is 4.79 Å². The highest BCUT2D eigenvalue weighted by molar-refractivity contribution is 6.17. The van der Waals surface area contributed by atoms with Crippen LogP contribution >= 0.6 is 0 Å². The highest BCUT2D eigenvalue weighted by Crippen LogP contribution is 2.20. The normalized spacial score (nSPS) is 15.8. The Labute approximate surface area is 154 Å². The van der Waals surface area contributed by atoms with Gasteiger partial charge < -0.3 is 15.0 Å². The van der Waals surface area contributed by atoms with Gasteiger partial charge in [-0.3, -0.25) is 20.2 Å². The smallest absolute Gasteiger partial charge is 0.328 e. The summed E-state index contributed by atoms with van der Waals surface area (Å²) in [5.74, 6) is -3.53. The molecule has 1 aromatic heterocycles. The number of carbonyl (C=O) groups excluding carboxylic acids is 4. The monoisotopic (exact) mass is 370 g/mol. The van der Waals surface area contributed by atoms with Crippen molar-refractivity contribution in [3.63, 3.8) is 0 Å². The van der Waals surface area contributed by atoms with Gasteiger partial charge in [0.15, 0.2) is 5.92 Å². The SMILES string of the molecule is C=C(N[C@H](Cc1c[nH]c2ccccc12)C(=O)OC)C1C(=O)NC(=O)NC1=O. The van der Waals surface area contributed by atoms with E-state index in [1.165, 1.54) is 7.11 Å². The summed E-state index contributed by atoms with van der Waals surface area (Å²) in [6, 6.07) is 5.83. The van der Waals surface area contributed by atoms with Crippen LogP contribution in [0.3, 0.4) is 0 Å². The number of fused-ring (bicyclic) bond motifs is 1. The van der Waals surface area contributed by atoms with Crippen LogP contribution in [0, 0.1) is 5.92 Å². The third-order valence-electron chi connectivity index (χ3n) is 4.29. The van der Waals surface area contributed by atoms with Crippen LogP contribution in [-0.4, -0.2) is 42.0 Å². The molecule has 0 aliphatic carbocycles. The van der Waals surface area contributed by atoms with Crippen molar-refractivity contribution in [1.82, 2.24) is 20.9 Å². The van der Waals surface area contributed by atoms with Gasteiger partial charge in [0.25, 0.3) is 0 Å². The van der Waals surface area contributed by atoms with Crippen LogP contribution in [0.15, 0.2) is 42.7 Å². The largest absolute Gasteiger partial charge is 0.467 e. The molecule has 1 aromatic carbocycles. The first-order valence-electron chi connectivity index (χ1n) is 8.14. The predicted molar refractivity (Wildman–Crippen MR) is 95.3 cm³/mol. The first kappa shape index (κ1) is 18.2. The number of barbiturate groups is 1. The second kappa shape index (κ2) is 7.32. The average Bonchev–Trinajstić information content (AvgIpc) is 3.02. The molecule has 0 radical (unpaired) electrons. The molecule has 0 saturated carbocycles. The Balaban J connectivity index is 1.80. The number of para-hydroxylation sites is 1. The molecule has 0 unspecified atom stereocenters. The molecule has 1 atom stereocenters. The summed E-state index contributed by atoms with van der Waals surface area (Å²) in [6.45, 7) is 3.69. The molecule has 1 fully saturated rings. The zero-order valence-electron chi connectivity index (χ0n) is 14.5. The molecule has 9 heteroatoms. The van der Waals surface area contributed by atoms with Gasteiger partial charge in [0, 0.05) is 29.2 Å². The molecule has 27 heavy (non-hydrogen) atoms. The number of aromatic amines is 1. The molecule has 1 aliphatic heterocycles. The number of hydrogen-bond acceptors (Lipinski definition) is 6. The fourth-order valence-electron chi connectivity index (χ4n) is 3.00. The zero-order valence-corrected chi connectivity index (χ0v) is 14.5. The topological polar surface area (TPSA) is 129 Å². The number of benzene rings is 1. The second-order valence-corrected chi connectivity index (χ2v) is 6.05. The second-order valence-electron chi connectivity index (χ2n) is 6.05. The standard InChI is InChI=1S/C18H18N4O5/c1-9(14-15(23)21-18(26)22-16(14)24)20-13(17(25)27-2)7-10-8-19-12-6-4-3-5-11(10)12/h3-6,8,13-14,19-20H,1,7H2,2H3,(H2,21,22,23,24,26)/t13-/m1/s1. The Morgan fingerprint density at radius 1 is 1.22 bits per heavy atom. The number of carbonyl (C=O) groups is 4. The van der Waals surface area contributed by atoms with Gasteiger partial charge in [-0.05, 0) is 11.6 Å². The molecule has 1 saturated heterocycles. The number of urea groups is 1. The molecule has 0 spiro atoms. The summed E-state index contributed by atoms with van der Waals surface area (Å²) in [7, 11) is 1.24. The summed E-state index contributed by atoms with van der Waals surface area (Å²) >= 11 is 0. The van der Waals surface area contributed by atoms with Gasteiger partial charge in [-0.25, -0.2) is 9.59 Å². The number of hydrogen-bond donors (Lipinski definition) is 4. The van der Waals surface area contributed by atoms with Crippen LogP contribution in [0.5, 0.6) is 0 Å². The van der Waals surface area contributed by atoms with E-state index in [2.05, 4.69) is 16.9 Å². The maximum atomic E-state index is 12.2. The molecule has 3 rings (SSSR count). The van der Waals surface area contributed by atoms with E-state index in [9.17, 15) is 19.2 Å². The van der Waals surface area contributed by atoms with E-state index >= 15 is 0 Å². The van der Waals surface area contributed by atoms with E-state index in [4.69, 9.17) is 4.74 Å². The first-order valence-corrected chi connectivity index (χ1v) is 8.14. The molecular weight excluding hydrogens is 352 g/mol. The van der Waals surface area contributed by atoms with Gasteiger partial charge >= 0.3 is 12.0 Å². The lowest BCUT2D eigenvalue weighted by atomic mass is 10.00. The van der Waals surface area contributed by atoms with Crippen molar-refractivity contribution in [2.24, 2.45) is 5.92 Å². The number of imide groups is 2. The highest BCUT2D eigenvalue weighted by Gasteiger charge is 2.37. The van der Waals surface area contributed by atoms with E-state index in [1.807, 2.05) is 34.9 Å². The number of nitrogens with one attached hydrogen (secondary N) is 4. The number of methoxy groups -OCH3 is 1. The minimum absolute atomic E-state index is 0.00672. The Morgan fingerprint density at radius 2 is 1.89 bits per heavy atom. The predicted octanol–water partition coefficient (Wildman–Crippen LogP) is 0.337. The Hall–Kier alpha value is -3.62. The van der Waals surface area contributed by atoms with Gasteiger partial charge in [0.2, 0.25) is 11.8 Å². The number of H-pyrrole nitrogens is 1. The van der Waals surface area contributed by atoms with Crippen LogP contribution < -0.4 is 16.0 Å². The molecule has 2 aromatic rings. The zero-order chi connectivity index (χ0) is 19.6. The first-order chi connectivity index (χ1) is 12.9. The molecule has 140 valence electrons. The minimum Gasteiger partial charge on any atom is -0.467 e. The molecule has 4 N–H and O–H groups in total. The van der Waals surface area contributed by atoms with Crippen molar-refractivity contribution in [3.05, 3.63) is 48.3 Å². The third-order valence-corrected chi connectivity index (χ3v) is 4.29. The summed E-state index contributed by atoms with van der Waals surface area (Å²) in [5.41, 5.74) is 1.77. The summed E-state index contributed by atoms with van der Waals surface area (Å²) in [4.78, 5) is 50.4. The number of esters is 1. The van der Waals surface area contributed by atoms with Gasteiger partial charge in [0.1, 0.15) is 6.04 Å². The van der Waals surface area contributed by atoms with E-state index in [-0.39, 0.29) is 12.1 Å². The van der Waals surface area contributed by atoms with Crippen molar-refractivity contribution >= 4 is 34.7 Å².